The largest absolute Gasteiger partial charge is 0.507 e. The van der Waals surface area contributed by atoms with Crippen LogP contribution in [0, 0.1) is 6.07 Å². The maximum Gasteiger partial charge on any atom is 0.148 e. The van der Waals surface area contributed by atoms with E-state index in [2.05, 4.69) is 158 Å². The second kappa shape index (κ2) is 14.1. The first kappa shape index (κ1) is 35.4. The van der Waals surface area contributed by atoms with Gasteiger partial charge in [0.15, 0.2) is 0 Å². The molecule has 56 heavy (non-hydrogen) atoms. The van der Waals surface area contributed by atoms with Gasteiger partial charge in [-0.2, -0.15) is 0 Å². The number of rotatable bonds is 6. The molecule has 0 amide bonds. The van der Waals surface area contributed by atoms with Gasteiger partial charge in [-0.25, -0.2) is 4.98 Å². The summed E-state index contributed by atoms with van der Waals surface area (Å²) in [7, 11) is 0. The van der Waals surface area contributed by atoms with Crippen molar-refractivity contribution in [2.24, 2.45) is 0 Å². The van der Waals surface area contributed by atoms with Gasteiger partial charge >= 0.3 is 0 Å². The maximum atomic E-state index is 11.3. The van der Waals surface area contributed by atoms with Crippen molar-refractivity contribution in [3.05, 3.63) is 193 Å². The molecule has 1 N–H and O–H groups in total. The number of phenols is 1. The van der Waals surface area contributed by atoms with Gasteiger partial charge in [-0.1, -0.05) is 158 Å². The van der Waals surface area contributed by atoms with Gasteiger partial charge in [0.2, 0.25) is 0 Å². The molecule has 0 aliphatic heterocycles. The standard InChI is InChI=1S/C51H36N3O.Pt/c1-51(2)43-24-12-9-21-40(43)41-28-29-52-48(47(41)51)37-31-35(33-16-5-3-6-17-33)30-36(32-37)39-23-15-26-45-49(39)53-50(42-22-11-14-27-46(42)55)54(45)44-25-13-10-20-38(44)34-18-7-4-8-19-34;/h3-31,55H,1-2H3;/q-1;. The van der Waals surface area contributed by atoms with Crippen LogP contribution >= 0.6 is 0 Å². The fourth-order valence-corrected chi connectivity index (χ4v) is 8.49. The number of para-hydroxylation sites is 3. The quantitative estimate of drug-likeness (QED) is 0.169. The molecule has 2 heterocycles. The molecule has 0 saturated carbocycles. The number of benzene rings is 7. The van der Waals surface area contributed by atoms with Crippen LogP contribution in [0.25, 0.3) is 83.9 Å². The molecular formula is C51H36N3OPt-. The fourth-order valence-electron chi connectivity index (χ4n) is 8.49. The van der Waals surface area contributed by atoms with Crippen molar-refractivity contribution in [2.75, 3.05) is 0 Å². The average Bonchev–Trinajstić information content (AvgIpc) is 3.74. The van der Waals surface area contributed by atoms with Crippen molar-refractivity contribution < 1.29 is 26.2 Å². The number of phenolic OH excluding ortho intramolecular Hbond substituents is 1. The second-order valence-electron chi connectivity index (χ2n) is 14.7. The van der Waals surface area contributed by atoms with Gasteiger partial charge in [0.05, 0.1) is 22.3 Å². The van der Waals surface area contributed by atoms with E-state index in [4.69, 9.17) is 9.97 Å². The van der Waals surface area contributed by atoms with Gasteiger partial charge in [-0.3, -0.25) is 9.55 Å². The Labute approximate surface area is 341 Å². The predicted octanol–water partition coefficient (Wildman–Crippen LogP) is 12.6. The summed E-state index contributed by atoms with van der Waals surface area (Å²) < 4.78 is 2.18. The van der Waals surface area contributed by atoms with E-state index in [1.165, 1.54) is 22.3 Å². The minimum atomic E-state index is -0.246. The van der Waals surface area contributed by atoms with Crippen LogP contribution in [0.2, 0.25) is 0 Å². The molecule has 0 fully saturated rings. The molecule has 5 heteroatoms. The maximum absolute atomic E-state index is 11.3. The van der Waals surface area contributed by atoms with E-state index in [9.17, 15) is 5.11 Å². The van der Waals surface area contributed by atoms with Crippen molar-refractivity contribution in [1.82, 2.24) is 14.5 Å². The molecule has 0 radical (unpaired) electrons. The molecule has 9 aromatic rings. The van der Waals surface area contributed by atoms with Crippen LogP contribution in [0.1, 0.15) is 25.0 Å². The number of fused-ring (bicyclic) bond motifs is 4. The van der Waals surface area contributed by atoms with E-state index < -0.39 is 0 Å². The van der Waals surface area contributed by atoms with E-state index in [-0.39, 0.29) is 32.2 Å². The van der Waals surface area contributed by atoms with Gasteiger partial charge in [0.25, 0.3) is 0 Å². The van der Waals surface area contributed by atoms with E-state index >= 15 is 0 Å². The number of imidazole rings is 1. The van der Waals surface area contributed by atoms with Crippen molar-refractivity contribution in [1.29, 1.82) is 0 Å². The van der Waals surface area contributed by atoms with Gasteiger partial charge in [0, 0.05) is 43.9 Å². The van der Waals surface area contributed by atoms with Gasteiger partial charge in [0.1, 0.15) is 11.6 Å². The van der Waals surface area contributed by atoms with Crippen molar-refractivity contribution in [2.45, 2.75) is 19.3 Å². The summed E-state index contributed by atoms with van der Waals surface area (Å²) in [6.07, 6.45) is 1.93. The van der Waals surface area contributed by atoms with E-state index in [1.54, 1.807) is 6.07 Å². The number of nitrogens with zero attached hydrogens (tertiary/aromatic N) is 3. The fraction of sp³-hybridized carbons (Fsp3) is 0.0588. The van der Waals surface area contributed by atoms with Crippen LogP contribution in [-0.4, -0.2) is 19.6 Å². The summed E-state index contributed by atoms with van der Waals surface area (Å²) in [4.78, 5) is 10.5. The van der Waals surface area contributed by atoms with Crippen molar-refractivity contribution in [3.63, 3.8) is 0 Å². The molecule has 0 unspecified atom stereocenters. The zero-order valence-corrected chi connectivity index (χ0v) is 33.1. The summed E-state index contributed by atoms with van der Waals surface area (Å²) >= 11 is 0. The summed E-state index contributed by atoms with van der Waals surface area (Å²) in [5.41, 5.74) is 16.2. The average molecular weight is 902 g/mol. The van der Waals surface area contributed by atoms with Crippen LogP contribution in [0.4, 0.5) is 0 Å². The van der Waals surface area contributed by atoms with Gasteiger partial charge < -0.3 is 5.11 Å². The number of hydrogen-bond donors (Lipinski definition) is 1. The normalized spacial score (nSPS) is 12.5. The Morgan fingerprint density at radius 2 is 1.18 bits per heavy atom. The first-order valence-electron chi connectivity index (χ1n) is 18.6. The topological polar surface area (TPSA) is 50.9 Å². The van der Waals surface area contributed by atoms with E-state index in [0.29, 0.717) is 11.4 Å². The minimum absolute atomic E-state index is 0. The zero-order chi connectivity index (χ0) is 37.1. The Bertz CT molecular complexity index is 2910. The molecule has 0 saturated heterocycles. The molecular weight excluding hydrogens is 866 g/mol. The van der Waals surface area contributed by atoms with E-state index in [1.807, 2.05) is 36.5 Å². The first-order valence-corrected chi connectivity index (χ1v) is 18.6. The Hall–Kier alpha value is -6.35. The Kier molecular flexibility index (Phi) is 8.87. The SMILES string of the molecule is CC1(C)c2ccccc2-c2ccnc(-c3[c-]c(-c4cccc5c4nc(-c4ccccc4O)n5-c4ccccc4-c4ccccc4)cc(-c4ccccc4)c3)c21.[Pt]. The van der Waals surface area contributed by atoms with Crippen LogP contribution in [-0.2, 0) is 26.5 Å². The number of aromatic nitrogens is 3. The number of aromatic hydroxyl groups is 1. The second-order valence-corrected chi connectivity index (χ2v) is 14.7. The minimum Gasteiger partial charge on any atom is -0.507 e. The molecule has 0 atom stereocenters. The molecule has 1 aliphatic rings. The third-order valence-electron chi connectivity index (χ3n) is 11.0. The number of pyridine rings is 1. The summed E-state index contributed by atoms with van der Waals surface area (Å²) in [5, 5.41) is 11.3. The Morgan fingerprint density at radius 3 is 1.95 bits per heavy atom. The van der Waals surface area contributed by atoms with Crippen molar-refractivity contribution in [3.8, 4) is 78.6 Å². The summed E-state index contributed by atoms with van der Waals surface area (Å²) in [5.74, 6) is 0.829. The Balaban J connectivity index is 0.00000410. The van der Waals surface area contributed by atoms with Gasteiger partial charge in [-0.05, 0) is 63.7 Å². The molecule has 7 aromatic carbocycles. The monoisotopic (exact) mass is 901 g/mol. The van der Waals surface area contributed by atoms with Crippen LogP contribution in [0.3, 0.4) is 0 Å². The predicted molar refractivity (Wildman–Crippen MR) is 224 cm³/mol. The van der Waals surface area contributed by atoms with E-state index in [0.717, 1.165) is 61.4 Å². The van der Waals surface area contributed by atoms with Crippen LogP contribution in [0.5, 0.6) is 5.75 Å². The first-order chi connectivity index (χ1) is 27.0. The van der Waals surface area contributed by atoms with Gasteiger partial charge in [-0.15, -0.1) is 23.8 Å². The molecule has 10 rings (SSSR count). The summed E-state index contributed by atoms with van der Waals surface area (Å²) in [6, 6.07) is 62.2. The van der Waals surface area contributed by atoms with Crippen molar-refractivity contribution >= 4 is 11.0 Å². The molecule has 0 bridgehead atoms. The molecule has 4 nitrogen and oxygen atoms in total. The number of hydrogen-bond acceptors (Lipinski definition) is 3. The van der Waals surface area contributed by atoms with Crippen LogP contribution < -0.4 is 0 Å². The zero-order valence-electron chi connectivity index (χ0n) is 30.8. The smallest absolute Gasteiger partial charge is 0.148 e. The third-order valence-corrected chi connectivity index (χ3v) is 11.0. The third kappa shape index (κ3) is 5.72. The molecule has 2 aromatic heterocycles. The van der Waals surface area contributed by atoms with Crippen LogP contribution in [0.15, 0.2) is 176 Å². The molecule has 272 valence electrons. The molecule has 0 spiro atoms. The summed E-state index contributed by atoms with van der Waals surface area (Å²) in [6.45, 7) is 4.60. The molecule has 1 aliphatic carbocycles. The Morgan fingerprint density at radius 1 is 0.554 bits per heavy atom.